The lowest BCUT2D eigenvalue weighted by Crippen LogP contribution is -2.44. The highest BCUT2D eigenvalue weighted by atomic mass is 32.1. The molecule has 1 aromatic heterocycles. The normalized spacial score (nSPS) is 10.6. The Kier molecular flexibility index (Phi) is 8.82. The van der Waals surface area contributed by atoms with Crippen molar-refractivity contribution in [3.63, 3.8) is 0 Å². The Balaban J connectivity index is 1.81. The third kappa shape index (κ3) is 7.32. The van der Waals surface area contributed by atoms with Crippen LogP contribution < -0.4 is 10.6 Å². The van der Waals surface area contributed by atoms with E-state index >= 15 is 0 Å². The van der Waals surface area contributed by atoms with E-state index < -0.39 is 0 Å². The minimum Gasteiger partial charge on any atom is -0.355 e. The number of nitrogens with one attached hydrogen (secondary N) is 2. The molecular weight excluding hydrogens is 388 g/mol. The van der Waals surface area contributed by atoms with Gasteiger partial charge in [-0.05, 0) is 43.1 Å². The number of amides is 3. The molecule has 2 rings (SSSR count). The number of carbonyl (C=O) groups is 3. The predicted molar refractivity (Wildman–Crippen MR) is 115 cm³/mol. The van der Waals surface area contributed by atoms with Crippen LogP contribution in [0.5, 0.6) is 0 Å². The van der Waals surface area contributed by atoms with E-state index in [0.29, 0.717) is 25.2 Å². The summed E-state index contributed by atoms with van der Waals surface area (Å²) in [5.74, 6) is -0.389. The van der Waals surface area contributed by atoms with Crippen molar-refractivity contribution in [3.05, 3.63) is 57.8 Å². The van der Waals surface area contributed by atoms with E-state index in [1.54, 1.807) is 35.4 Å². The summed E-state index contributed by atoms with van der Waals surface area (Å²) in [6.07, 6.45) is 0. The second kappa shape index (κ2) is 11.3. The number of thiophene rings is 1. The van der Waals surface area contributed by atoms with Gasteiger partial charge in [-0.2, -0.15) is 0 Å². The van der Waals surface area contributed by atoms with Gasteiger partial charge in [0.1, 0.15) is 0 Å². The van der Waals surface area contributed by atoms with Gasteiger partial charge in [-0.1, -0.05) is 18.2 Å². The van der Waals surface area contributed by atoms with Crippen molar-refractivity contribution in [3.8, 4) is 0 Å². The van der Waals surface area contributed by atoms with Crippen molar-refractivity contribution in [1.82, 2.24) is 20.4 Å². The molecule has 156 valence electrons. The van der Waals surface area contributed by atoms with E-state index in [1.165, 1.54) is 0 Å². The standard InChI is InChI=1S/C21H28N4O3S/c1-4-25(14-19(26)23-12-18-6-5-11-29-18)20(27)15-24(3)13-16-7-9-17(10-8-16)21(28)22-2/h5-11H,4,12-15H2,1-3H3,(H,22,28)(H,23,26). The van der Waals surface area contributed by atoms with Gasteiger partial charge in [-0.3, -0.25) is 19.3 Å². The van der Waals surface area contributed by atoms with E-state index in [0.717, 1.165) is 10.4 Å². The number of nitrogens with zero attached hydrogens (tertiary/aromatic N) is 2. The summed E-state index contributed by atoms with van der Waals surface area (Å²) in [5, 5.41) is 7.40. The average Bonchev–Trinajstić information content (AvgIpc) is 3.24. The molecule has 0 bridgehead atoms. The summed E-state index contributed by atoms with van der Waals surface area (Å²) < 4.78 is 0. The number of carbonyl (C=O) groups excluding carboxylic acids is 3. The molecule has 0 spiro atoms. The maximum atomic E-state index is 12.6. The van der Waals surface area contributed by atoms with Crippen LogP contribution in [-0.2, 0) is 22.7 Å². The summed E-state index contributed by atoms with van der Waals surface area (Å²) in [6.45, 7) is 3.65. The molecule has 0 aliphatic carbocycles. The summed E-state index contributed by atoms with van der Waals surface area (Å²) in [6, 6.07) is 11.2. The zero-order valence-electron chi connectivity index (χ0n) is 17.1. The van der Waals surface area contributed by atoms with Gasteiger partial charge >= 0.3 is 0 Å². The van der Waals surface area contributed by atoms with Gasteiger partial charge in [0.25, 0.3) is 5.91 Å². The van der Waals surface area contributed by atoms with Gasteiger partial charge < -0.3 is 15.5 Å². The molecule has 0 radical (unpaired) electrons. The van der Waals surface area contributed by atoms with Crippen LogP contribution in [0.2, 0.25) is 0 Å². The van der Waals surface area contributed by atoms with Gasteiger partial charge in [0.05, 0.1) is 19.6 Å². The van der Waals surface area contributed by atoms with Crippen LogP contribution in [0.3, 0.4) is 0 Å². The topological polar surface area (TPSA) is 81.8 Å². The second-order valence-corrected chi connectivity index (χ2v) is 7.74. The average molecular weight is 417 g/mol. The van der Waals surface area contributed by atoms with Crippen LogP contribution >= 0.6 is 11.3 Å². The lowest BCUT2D eigenvalue weighted by atomic mass is 10.1. The van der Waals surface area contributed by atoms with Crippen LogP contribution in [0.25, 0.3) is 0 Å². The number of hydrogen-bond donors (Lipinski definition) is 2. The third-order valence-corrected chi connectivity index (χ3v) is 5.29. The molecule has 0 saturated carbocycles. The van der Waals surface area contributed by atoms with Crippen molar-refractivity contribution in [2.45, 2.75) is 20.0 Å². The quantitative estimate of drug-likeness (QED) is 0.618. The fourth-order valence-electron chi connectivity index (χ4n) is 2.81. The number of rotatable bonds is 10. The minimum absolute atomic E-state index is 0.0510. The van der Waals surface area contributed by atoms with Crippen LogP contribution in [0.1, 0.15) is 27.7 Å². The molecule has 0 unspecified atom stereocenters. The van der Waals surface area contributed by atoms with E-state index in [9.17, 15) is 14.4 Å². The first-order chi connectivity index (χ1) is 13.9. The Morgan fingerprint density at radius 3 is 2.38 bits per heavy atom. The number of hydrogen-bond acceptors (Lipinski definition) is 5. The van der Waals surface area contributed by atoms with Gasteiger partial charge in [-0.15, -0.1) is 11.3 Å². The fraction of sp³-hybridized carbons (Fsp3) is 0.381. The van der Waals surface area contributed by atoms with Crippen molar-refractivity contribution in [1.29, 1.82) is 0 Å². The molecule has 7 nitrogen and oxygen atoms in total. The Hall–Kier alpha value is -2.71. The van der Waals surface area contributed by atoms with Gasteiger partial charge in [0.15, 0.2) is 0 Å². The summed E-state index contributed by atoms with van der Waals surface area (Å²) in [5.41, 5.74) is 1.60. The maximum absolute atomic E-state index is 12.6. The predicted octanol–water partition coefficient (Wildman–Crippen LogP) is 1.70. The highest BCUT2D eigenvalue weighted by Crippen LogP contribution is 2.08. The zero-order valence-corrected chi connectivity index (χ0v) is 17.9. The molecule has 2 aromatic rings. The van der Waals surface area contributed by atoms with Gasteiger partial charge in [0, 0.05) is 30.6 Å². The molecule has 0 fully saturated rings. The molecule has 0 aliphatic rings. The molecule has 29 heavy (non-hydrogen) atoms. The largest absolute Gasteiger partial charge is 0.355 e. The van der Waals surface area contributed by atoms with Gasteiger partial charge in [-0.25, -0.2) is 0 Å². The maximum Gasteiger partial charge on any atom is 0.251 e. The summed E-state index contributed by atoms with van der Waals surface area (Å²) in [7, 11) is 3.45. The molecule has 8 heteroatoms. The van der Waals surface area contributed by atoms with Crippen molar-refractivity contribution in [2.24, 2.45) is 0 Å². The zero-order chi connectivity index (χ0) is 21.2. The Labute approximate surface area is 175 Å². The van der Waals surface area contributed by atoms with E-state index in [2.05, 4.69) is 10.6 Å². The lowest BCUT2D eigenvalue weighted by molar-refractivity contribution is -0.136. The molecule has 0 aliphatic heterocycles. The Morgan fingerprint density at radius 2 is 1.79 bits per heavy atom. The first-order valence-corrected chi connectivity index (χ1v) is 10.4. The molecule has 1 heterocycles. The fourth-order valence-corrected chi connectivity index (χ4v) is 3.45. The first kappa shape index (κ1) is 22.6. The smallest absolute Gasteiger partial charge is 0.251 e. The molecule has 3 amide bonds. The SMILES string of the molecule is CCN(CC(=O)NCc1cccs1)C(=O)CN(C)Cc1ccc(C(=O)NC)cc1. The van der Waals surface area contributed by atoms with E-state index in [1.807, 2.05) is 48.5 Å². The molecular formula is C21H28N4O3S. The Bertz CT molecular complexity index is 806. The monoisotopic (exact) mass is 416 g/mol. The number of benzene rings is 1. The van der Waals surface area contributed by atoms with Gasteiger partial charge in [0.2, 0.25) is 11.8 Å². The lowest BCUT2D eigenvalue weighted by Gasteiger charge is -2.24. The molecule has 0 atom stereocenters. The highest BCUT2D eigenvalue weighted by Gasteiger charge is 2.17. The molecule has 1 aromatic carbocycles. The van der Waals surface area contributed by atoms with Crippen LogP contribution in [0.15, 0.2) is 41.8 Å². The van der Waals surface area contributed by atoms with Crippen LogP contribution in [0, 0.1) is 0 Å². The summed E-state index contributed by atoms with van der Waals surface area (Å²) in [4.78, 5) is 40.9. The van der Waals surface area contributed by atoms with Crippen molar-refractivity contribution in [2.75, 3.05) is 33.7 Å². The van der Waals surface area contributed by atoms with E-state index in [-0.39, 0.29) is 30.8 Å². The third-order valence-electron chi connectivity index (χ3n) is 4.41. The van der Waals surface area contributed by atoms with E-state index in [4.69, 9.17) is 0 Å². The second-order valence-electron chi connectivity index (χ2n) is 6.71. The highest BCUT2D eigenvalue weighted by molar-refractivity contribution is 7.09. The van der Waals surface area contributed by atoms with Crippen molar-refractivity contribution < 1.29 is 14.4 Å². The van der Waals surface area contributed by atoms with Crippen LogP contribution in [-0.4, -0.2) is 61.3 Å². The first-order valence-electron chi connectivity index (χ1n) is 9.49. The molecule has 0 saturated heterocycles. The Morgan fingerprint density at radius 1 is 1.07 bits per heavy atom. The summed E-state index contributed by atoms with van der Waals surface area (Å²) >= 11 is 1.58. The number of likely N-dealkylation sites (N-methyl/N-ethyl adjacent to an activating group) is 2. The van der Waals surface area contributed by atoms with Crippen molar-refractivity contribution >= 4 is 29.1 Å². The van der Waals surface area contributed by atoms with Crippen LogP contribution in [0.4, 0.5) is 0 Å². The molecule has 2 N–H and O–H groups in total. The minimum atomic E-state index is -0.166.